The summed E-state index contributed by atoms with van der Waals surface area (Å²) in [6, 6.07) is 12.7. The molecule has 1 N–H and O–H groups in total. The number of hydrogen-bond donors (Lipinski definition) is 1. The molecule has 6 heteroatoms. The van der Waals surface area contributed by atoms with E-state index >= 15 is 0 Å². The molecule has 25 heavy (non-hydrogen) atoms. The van der Waals surface area contributed by atoms with Crippen LogP contribution in [0.5, 0.6) is 17.2 Å². The van der Waals surface area contributed by atoms with Crippen LogP contribution in [-0.4, -0.2) is 21.8 Å². The van der Waals surface area contributed by atoms with Gasteiger partial charge in [-0.3, -0.25) is 0 Å². The normalized spacial score (nSPS) is 10.3. The maximum absolute atomic E-state index is 9.35. The molecule has 0 aliphatic rings. The monoisotopic (exact) mass is 335 g/mol. The van der Waals surface area contributed by atoms with E-state index < -0.39 is 0 Å². The molecule has 0 fully saturated rings. The van der Waals surface area contributed by atoms with Crippen LogP contribution in [0.2, 0.25) is 0 Å². The van der Waals surface area contributed by atoms with Crippen molar-refractivity contribution in [3.63, 3.8) is 0 Å². The third-order valence-electron chi connectivity index (χ3n) is 3.72. The zero-order valence-corrected chi connectivity index (χ0v) is 13.7. The van der Waals surface area contributed by atoms with Gasteiger partial charge in [0.15, 0.2) is 11.5 Å². The van der Waals surface area contributed by atoms with Crippen molar-refractivity contribution >= 4 is 0 Å². The van der Waals surface area contributed by atoms with Crippen molar-refractivity contribution in [2.75, 3.05) is 7.11 Å². The van der Waals surface area contributed by atoms with Crippen LogP contribution in [0.15, 0.2) is 55.1 Å². The molecular weight excluding hydrogens is 318 g/mol. The highest BCUT2D eigenvalue weighted by Crippen LogP contribution is 2.34. The highest BCUT2D eigenvalue weighted by Gasteiger charge is 2.11. The fraction of sp³-hybridized carbons (Fsp3) is 0.158. The summed E-state index contributed by atoms with van der Waals surface area (Å²) >= 11 is 0. The number of hydrogen-bond acceptors (Lipinski definition) is 5. The average molecular weight is 335 g/mol. The van der Waals surface area contributed by atoms with Crippen LogP contribution < -0.4 is 9.47 Å². The molecule has 0 atom stereocenters. The molecule has 3 aromatic rings. The van der Waals surface area contributed by atoms with E-state index in [1.54, 1.807) is 43.9 Å². The zero-order chi connectivity index (χ0) is 17.6. The standard InChI is InChI=1S/C19H17N3O3/c1-24-17-5-3-15(12-23)9-19(17)25-18-8-14(2-4-16(18)10-20)11-22-7-6-21-13-22/h2-9,13,23H,11-12H2,1H3. The molecule has 0 saturated heterocycles. The molecule has 0 spiro atoms. The van der Waals surface area contributed by atoms with Crippen molar-refractivity contribution in [2.24, 2.45) is 0 Å². The van der Waals surface area contributed by atoms with Crippen molar-refractivity contribution < 1.29 is 14.6 Å². The lowest BCUT2D eigenvalue weighted by Gasteiger charge is -2.13. The van der Waals surface area contributed by atoms with E-state index in [0.29, 0.717) is 34.9 Å². The number of aliphatic hydroxyl groups is 1. The van der Waals surface area contributed by atoms with Crippen LogP contribution in [0.25, 0.3) is 0 Å². The summed E-state index contributed by atoms with van der Waals surface area (Å²) in [6.45, 7) is 0.516. The predicted molar refractivity (Wildman–Crippen MR) is 91.5 cm³/mol. The molecule has 0 bridgehead atoms. The Bertz CT molecular complexity index is 899. The van der Waals surface area contributed by atoms with E-state index in [-0.39, 0.29) is 6.61 Å². The molecule has 0 amide bonds. The molecule has 1 aromatic heterocycles. The van der Waals surface area contributed by atoms with Crippen LogP contribution in [0.3, 0.4) is 0 Å². The van der Waals surface area contributed by atoms with Gasteiger partial charge in [0.2, 0.25) is 0 Å². The first-order valence-electron chi connectivity index (χ1n) is 7.68. The SMILES string of the molecule is COc1ccc(CO)cc1Oc1cc(Cn2ccnc2)ccc1C#N. The van der Waals surface area contributed by atoms with Crippen LogP contribution in [0.1, 0.15) is 16.7 Å². The molecule has 0 saturated carbocycles. The third kappa shape index (κ3) is 3.79. The Kier molecular flexibility index (Phi) is 4.97. The van der Waals surface area contributed by atoms with Crippen LogP contribution in [0, 0.1) is 11.3 Å². The number of nitrogens with zero attached hydrogens (tertiary/aromatic N) is 3. The Hall–Kier alpha value is -3.30. The summed E-state index contributed by atoms with van der Waals surface area (Å²) in [6.07, 6.45) is 5.31. The van der Waals surface area contributed by atoms with E-state index in [2.05, 4.69) is 11.1 Å². The Labute approximate surface area is 145 Å². The Morgan fingerprint density at radius 1 is 1.12 bits per heavy atom. The smallest absolute Gasteiger partial charge is 0.169 e. The highest BCUT2D eigenvalue weighted by atomic mass is 16.5. The van der Waals surface area contributed by atoms with Crippen LogP contribution in [0.4, 0.5) is 0 Å². The molecule has 126 valence electrons. The van der Waals surface area contributed by atoms with Gasteiger partial charge < -0.3 is 19.1 Å². The Morgan fingerprint density at radius 2 is 1.92 bits per heavy atom. The molecule has 1 heterocycles. The maximum atomic E-state index is 9.35. The molecule has 2 aromatic carbocycles. The Morgan fingerprint density at radius 3 is 2.60 bits per heavy atom. The molecule has 0 aliphatic heterocycles. The topological polar surface area (TPSA) is 80.3 Å². The number of benzene rings is 2. The van der Waals surface area contributed by atoms with Crippen molar-refractivity contribution in [3.05, 3.63) is 71.8 Å². The van der Waals surface area contributed by atoms with Gasteiger partial charge in [-0.05, 0) is 35.4 Å². The van der Waals surface area contributed by atoms with Crippen molar-refractivity contribution in [1.82, 2.24) is 9.55 Å². The molecule has 0 aliphatic carbocycles. The fourth-order valence-electron chi connectivity index (χ4n) is 2.45. The van der Waals surface area contributed by atoms with Crippen molar-refractivity contribution in [2.45, 2.75) is 13.2 Å². The van der Waals surface area contributed by atoms with E-state index in [0.717, 1.165) is 5.56 Å². The minimum absolute atomic E-state index is 0.105. The summed E-state index contributed by atoms with van der Waals surface area (Å²) < 4.78 is 13.2. The second-order valence-electron chi connectivity index (χ2n) is 5.42. The lowest BCUT2D eigenvalue weighted by Crippen LogP contribution is -1.99. The summed E-state index contributed by atoms with van der Waals surface area (Å²) in [7, 11) is 1.54. The number of ether oxygens (including phenoxy) is 2. The van der Waals surface area contributed by atoms with Crippen molar-refractivity contribution in [1.29, 1.82) is 5.26 Å². The van der Waals surface area contributed by atoms with Gasteiger partial charge in [0.25, 0.3) is 0 Å². The van der Waals surface area contributed by atoms with Crippen LogP contribution >= 0.6 is 0 Å². The lowest BCUT2D eigenvalue weighted by atomic mass is 10.1. The number of aliphatic hydroxyl groups excluding tert-OH is 1. The second-order valence-corrected chi connectivity index (χ2v) is 5.42. The van der Waals surface area contributed by atoms with E-state index in [9.17, 15) is 10.4 Å². The summed E-state index contributed by atoms with van der Waals surface area (Å²) in [5.41, 5.74) is 2.10. The number of imidazole rings is 1. The van der Waals surface area contributed by atoms with Gasteiger partial charge in [0.1, 0.15) is 11.8 Å². The maximum Gasteiger partial charge on any atom is 0.169 e. The predicted octanol–water partition coefficient (Wildman–Crippen LogP) is 3.10. The van der Waals surface area contributed by atoms with Gasteiger partial charge in [-0.2, -0.15) is 5.26 Å². The first kappa shape index (κ1) is 16.6. The molecule has 0 unspecified atom stereocenters. The summed E-state index contributed by atoms with van der Waals surface area (Å²) in [5, 5.41) is 18.7. The van der Waals surface area contributed by atoms with Gasteiger partial charge in [-0.25, -0.2) is 4.98 Å². The van der Waals surface area contributed by atoms with E-state index in [1.165, 1.54) is 0 Å². The summed E-state index contributed by atoms with van der Waals surface area (Å²) in [4.78, 5) is 4.02. The van der Waals surface area contributed by atoms with Gasteiger partial charge in [0, 0.05) is 18.9 Å². The van der Waals surface area contributed by atoms with E-state index in [1.807, 2.05) is 22.9 Å². The molecular formula is C19H17N3O3. The number of nitriles is 1. The second kappa shape index (κ2) is 7.51. The largest absolute Gasteiger partial charge is 0.493 e. The number of rotatable bonds is 6. The molecule has 0 radical (unpaired) electrons. The molecule has 3 rings (SSSR count). The van der Waals surface area contributed by atoms with Gasteiger partial charge in [-0.15, -0.1) is 0 Å². The first-order valence-corrected chi connectivity index (χ1v) is 7.68. The molecule has 6 nitrogen and oxygen atoms in total. The zero-order valence-electron chi connectivity index (χ0n) is 13.7. The lowest BCUT2D eigenvalue weighted by molar-refractivity contribution is 0.280. The quantitative estimate of drug-likeness (QED) is 0.749. The fourth-order valence-corrected chi connectivity index (χ4v) is 2.45. The van der Waals surface area contributed by atoms with Gasteiger partial charge >= 0.3 is 0 Å². The van der Waals surface area contributed by atoms with Crippen molar-refractivity contribution in [3.8, 4) is 23.3 Å². The minimum Gasteiger partial charge on any atom is -0.493 e. The first-order chi connectivity index (χ1) is 12.2. The minimum atomic E-state index is -0.105. The Balaban J connectivity index is 1.94. The number of aromatic nitrogens is 2. The number of methoxy groups -OCH3 is 1. The van der Waals surface area contributed by atoms with E-state index in [4.69, 9.17) is 9.47 Å². The van der Waals surface area contributed by atoms with Gasteiger partial charge in [0.05, 0.1) is 25.6 Å². The summed E-state index contributed by atoms with van der Waals surface area (Å²) in [5.74, 6) is 1.42. The van der Waals surface area contributed by atoms with Gasteiger partial charge in [-0.1, -0.05) is 12.1 Å². The highest BCUT2D eigenvalue weighted by molar-refractivity contribution is 5.51. The third-order valence-corrected chi connectivity index (χ3v) is 3.72. The van der Waals surface area contributed by atoms with Crippen LogP contribution in [-0.2, 0) is 13.2 Å². The average Bonchev–Trinajstić information content (AvgIpc) is 3.15.